The fraction of sp³-hybridized carbons (Fsp3) is 0.267. The van der Waals surface area contributed by atoms with Crippen LogP contribution in [0.1, 0.15) is 30.9 Å². The van der Waals surface area contributed by atoms with E-state index in [1.807, 2.05) is 24.3 Å². The lowest BCUT2D eigenvalue weighted by molar-refractivity contribution is 0.578. The van der Waals surface area contributed by atoms with Crippen molar-refractivity contribution in [3.05, 3.63) is 53.7 Å². The molecule has 3 N–H and O–H groups in total. The van der Waals surface area contributed by atoms with Gasteiger partial charge < -0.3 is 5.73 Å². The molecule has 0 saturated carbocycles. The lowest BCUT2D eigenvalue weighted by atomic mass is 10.0. The van der Waals surface area contributed by atoms with Crippen LogP contribution in [0.5, 0.6) is 0 Å². The number of hydrogen-bond donors (Lipinski definition) is 2. The molecule has 6 heteroatoms. The third-order valence-corrected chi connectivity index (χ3v) is 4.54. The monoisotopic (exact) mass is 305 g/mol. The van der Waals surface area contributed by atoms with Crippen LogP contribution in [0, 0.1) is 0 Å². The molecule has 1 aromatic heterocycles. The van der Waals surface area contributed by atoms with Crippen molar-refractivity contribution >= 4 is 15.7 Å². The Morgan fingerprint density at radius 2 is 1.86 bits per heavy atom. The maximum Gasteiger partial charge on any atom is 0.260 e. The summed E-state index contributed by atoms with van der Waals surface area (Å²) in [6, 6.07) is 10.9. The number of rotatable bonds is 5. The third-order valence-electron chi connectivity index (χ3n) is 3.17. The molecular formula is C15H19N3O2S. The molecule has 0 spiro atoms. The Bertz CT molecular complexity index is 710. The van der Waals surface area contributed by atoms with E-state index in [4.69, 9.17) is 5.73 Å². The van der Waals surface area contributed by atoms with Gasteiger partial charge in [-0.15, -0.1) is 0 Å². The number of hydrogen-bond acceptors (Lipinski definition) is 4. The zero-order valence-electron chi connectivity index (χ0n) is 12.1. The van der Waals surface area contributed by atoms with Crippen LogP contribution < -0.4 is 10.5 Å². The van der Waals surface area contributed by atoms with Gasteiger partial charge in [0, 0.05) is 12.7 Å². The van der Waals surface area contributed by atoms with E-state index in [9.17, 15) is 8.42 Å². The zero-order valence-corrected chi connectivity index (χ0v) is 12.9. The predicted molar refractivity (Wildman–Crippen MR) is 83.2 cm³/mol. The standard InChI is InChI=1S/C15H19N3O2S/c1-11(2)13-7-5-12(6-8-13)10-18-21(19,20)15-14(16)4-3-9-17-15/h3-9,11,18H,10,16H2,1-2H3. The molecule has 0 fully saturated rings. The van der Waals surface area contributed by atoms with E-state index in [2.05, 4.69) is 23.6 Å². The van der Waals surface area contributed by atoms with E-state index in [0.717, 1.165) is 5.56 Å². The average molecular weight is 305 g/mol. The molecule has 1 aromatic carbocycles. The molecule has 0 aliphatic carbocycles. The summed E-state index contributed by atoms with van der Waals surface area (Å²) in [4.78, 5) is 3.82. The van der Waals surface area contributed by atoms with Gasteiger partial charge in [0.1, 0.15) is 0 Å². The molecule has 0 atom stereocenters. The van der Waals surface area contributed by atoms with Gasteiger partial charge in [-0.2, -0.15) is 0 Å². The minimum atomic E-state index is -3.70. The Morgan fingerprint density at radius 3 is 2.43 bits per heavy atom. The van der Waals surface area contributed by atoms with Crippen molar-refractivity contribution in [1.29, 1.82) is 0 Å². The first-order valence-corrected chi connectivity index (χ1v) is 8.17. The molecule has 21 heavy (non-hydrogen) atoms. The molecule has 2 aromatic rings. The van der Waals surface area contributed by atoms with Crippen LogP contribution in [-0.4, -0.2) is 13.4 Å². The number of pyridine rings is 1. The minimum Gasteiger partial charge on any atom is -0.396 e. The highest BCUT2D eigenvalue weighted by atomic mass is 32.2. The van der Waals surface area contributed by atoms with E-state index in [-0.39, 0.29) is 17.3 Å². The number of sulfonamides is 1. The second kappa shape index (κ2) is 6.24. The first kappa shape index (κ1) is 15.5. The van der Waals surface area contributed by atoms with Gasteiger partial charge in [-0.25, -0.2) is 18.1 Å². The van der Waals surface area contributed by atoms with Crippen LogP contribution in [0.15, 0.2) is 47.6 Å². The highest BCUT2D eigenvalue weighted by Gasteiger charge is 2.18. The van der Waals surface area contributed by atoms with Crippen LogP contribution in [0.4, 0.5) is 5.69 Å². The molecular weight excluding hydrogens is 286 g/mol. The van der Waals surface area contributed by atoms with Crippen molar-refractivity contribution in [2.24, 2.45) is 0 Å². The molecule has 0 radical (unpaired) electrons. The van der Waals surface area contributed by atoms with Crippen molar-refractivity contribution < 1.29 is 8.42 Å². The Balaban J connectivity index is 2.10. The van der Waals surface area contributed by atoms with Crippen molar-refractivity contribution in [3.8, 4) is 0 Å². The Morgan fingerprint density at radius 1 is 1.19 bits per heavy atom. The van der Waals surface area contributed by atoms with Gasteiger partial charge in [-0.1, -0.05) is 38.1 Å². The van der Waals surface area contributed by atoms with Gasteiger partial charge in [0.25, 0.3) is 10.0 Å². The molecule has 112 valence electrons. The second-order valence-corrected chi connectivity index (χ2v) is 6.80. The first-order valence-electron chi connectivity index (χ1n) is 6.69. The van der Waals surface area contributed by atoms with Crippen LogP contribution in [0.2, 0.25) is 0 Å². The summed E-state index contributed by atoms with van der Waals surface area (Å²) in [5.74, 6) is 0.448. The molecule has 1 heterocycles. The lowest BCUT2D eigenvalue weighted by Crippen LogP contribution is -2.25. The van der Waals surface area contributed by atoms with Gasteiger partial charge in [0.15, 0.2) is 5.03 Å². The SMILES string of the molecule is CC(C)c1ccc(CNS(=O)(=O)c2ncccc2N)cc1. The zero-order chi connectivity index (χ0) is 15.5. The summed E-state index contributed by atoms with van der Waals surface area (Å²) in [5.41, 5.74) is 7.89. The second-order valence-electron chi connectivity index (χ2n) is 5.12. The number of nitrogens with two attached hydrogens (primary N) is 1. The fourth-order valence-electron chi connectivity index (χ4n) is 1.89. The van der Waals surface area contributed by atoms with Crippen LogP contribution in [0.3, 0.4) is 0 Å². The summed E-state index contributed by atoms with van der Waals surface area (Å²) in [6.07, 6.45) is 1.41. The molecule has 0 aliphatic heterocycles. The highest BCUT2D eigenvalue weighted by Crippen LogP contribution is 2.16. The molecule has 0 amide bonds. The number of nitrogens with zero attached hydrogens (tertiary/aromatic N) is 1. The summed E-state index contributed by atoms with van der Waals surface area (Å²) in [6.45, 7) is 4.43. The summed E-state index contributed by atoms with van der Waals surface area (Å²) < 4.78 is 26.8. The number of nitrogen functional groups attached to an aromatic ring is 1. The number of anilines is 1. The van der Waals surface area contributed by atoms with E-state index < -0.39 is 10.0 Å². The van der Waals surface area contributed by atoms with E-state index >= 15 is 0 Å². The molecule has 5 nitrogen and oxygen atoms in total. The van der Waals surface area contributed by atoms with Gasteiger partial charge in [0.05, 0.1) is 5.69 Å². The number of aromatic nitrogens is 1. The summed E-state index contributed by atoms with van der Waals surface area (Å²) >= 11 is 0. The average Bonchev–Trinajstić information content (AvgIpc) is 2.46. The maximum atomic E-state index is 12.1. The Hall–Kier alpha value is -1.92. The Labute approximate surface area is 125 Å². The smallest absolute Gasteiger partial charge is 0.260 e. The van der Waals surface area contributed by atoms with Gasteiger partial charge in [-0.3, -0.25) is 0 Å². The lowest BCUT2D eigenvalue weighted by Gasteiger charge is -2.09. The quantitative estimate of drug-likeness (QED) is 0.887. The largest absolute Gasteiger partial charge is 0.396 e. The van der Waals surface area contributed by atoms with Crippen molar-refractivity contribution in [1.82, 2.24) is 9.71 Å². The van der Waals surface area contributed by atoms with Gasteiger partial charge in [0.2, 0.25) is 0 Å². The third kappa shape index (κ3) is 3.80. The van der Waals surface area contributed by atoms with Gasteiger partial charge in [-0.05, 0) is 29.2 Å². The van der Waals surface area contributed by atoms with E-state index in [1.54, 1.807) is 6.07 Å². The maximum absolute atomic E-state index is 12.1. The fourth-order valence-corrected chi connectivity index (χ4v) is 2.97. The number of benzene rings is 1. The first-order chi connectivity index (χ1) is 9.90. The number of nitrogens with one attached hydrogen (secondary N) is 1. The molecule has 0 unspecified atom stereocenters. The minimum absolute atomic E-state index is 0.135. The molecule has 0 aliphatic rings. The predicted octanol–water partition coefficient (Wildman–Crippen LogP) is 2.27. The summed E-state index contributed by atoms with van der Waals surface area (Å²) in [5, 5.41) is -0.135. The molecule has 2 rings (SSSR count). The van der Waals surface area contributed by atoms with Crippen LogP contribution >= 0.6 is 0 Å². The van der Waals surface area contributed by atoms with E-state index in [0.29, 0.717) is 5.92 Å². The van der Waals surface area contributed by atoms with Crippen molar-refractivity contribution in [2.75, 3.05) is 5.73 Å². The van der Waals surface area contributed by atoms with E-state index in [1.165, 1.54) is 17.8 Å². The summed E-state index contributed by atoms with van der Waals surface area (Å²) in [7, 11) is -3.70. The van der Waals surface area contributed by atoms with Crippen molar-refractivity contribution in [3.63, 3.8) is 0 Å². The van der Waals surface area contributed by atoms with Crippen LogP contribution in [-0.2, 0) is 16.6 Å². The Kier molecular flexibility index (Phi) is 4.59. The highest BCUT2D eigenvalue weighted by molar-refractivity contribution is 7.89. The van der Waals surface area contributed by atoms with Gasteiger partial charge >= 0.3 is 0 Å². The molecule has 0 saturated heterocycles. The van der Waals surface area contributed by atoms with Crippen LogP contribution in [0.25, 0.3) is 0 Å². The normalized spacial score (nSPS) is 11.8. The topological polar surface area (TPSA) is 85.1 Å². The molecule has 0 bridgehead atoms. The van der Waals surface area contributed by atoms with Crippen molar-refractivity contribution in [2.45, 2.75) is 31.3 Å².